The van der Waals surface area contributed by atoms with E-state index in [1.165, 1.54) is 13.8 Å². The molecule has 0 unspecified atom stereocenters. The van der Waals surface area contributed by atoms with E-state index in [2.05, 4.69) is 5.32 Å². The second kappa shape index (κ2) is 5.21. The summed E-state index contributed by atoms with van der Waals surface area (Å²) in [6.45, 7) is 6.97. The maximum atomic E-state index is 11.8. The predicted octanol–water partition coefficient (Wildman–Crippen LogP) is 2.74. The number of rotatable bonds is 4. The SMILES string of the molecule is Cc1cccc(NC(=O)CC(C)(C)C(=O)O)c1C. The smallest absolute Gasteiger partial charge is 0.309 e. The number of anilines is 1. The minimum atomic E-state index is -1.05. The summed E-state index contributed by atoms with van der Waals surface area (Å²) in [5.41, 5.74) is 1.77. The molecule has 4 nitrogen and oxygen atoms in total. The standard InChI is InChI=1S/C14H19NO3/c1-9-6-5-7-11(10(9)2)15-12(16)8-14(3,4)13(17)18/h5-7H,8H2,1-4H3,(H,15,16)(H,17,18). The van der Waals surface area contributed by atoms with Crippen molar-refractivity contribution in [1.82, 2.24) is 0 Å². The van der Waals surface area contributed by atoms with Gasteiger partial charge >= 0.3 is 5.97 Å². The number of aryl methyl sites for hydroxylation is 1. The molecule has 1 aromatic rings. The van der Waals surface area contributed by atoms with Crippen molar-refractivity contribution in [3.05, 3.63) is 29.3 Å². The maximum absolute atomic E-state index is 11.8. The van der Waals surface area contributed by atoms with Gasteiger partial charge in [-0.25, -0.2) is 0 Å². The molecule has 1 amide bonds. The number of carbonyl (C=O) groups is 2. The molecule has 2 N–H and O–H groups in total. The van der Waals surface area contributed by atoms with Crippen LogP contribution in [0.3, 0.4) is 0 Å². The summed E-state index contributed by atoms with van der Waals surface area (Å²) in [5.74, 6) is -1.25. The van der Waals surface area contributed by atoms with Crippen LogP contribution in [-0.4, -0.2) is 17.0 Å². The maximum Gasteiger partial charge on any atom is 0.309 e. The number of amides is 1. The molecule has 0 atom stereocenters. The molecular weight excluding hydrogens is 230 g/mol. The number of aliphatic carboxylic acids is 1. The van der Waals surface area contributed by atoms with E-state index in [0.717, 1.165) is 16.8 Å². The van der Waals surface area contributed by atoms with Gasteiger partial charge in [0.15, 0.2) is 0 Å². The average Bonchev–Trinajstić information content (AvgIpc) is 2.23. The third-order valence-electron chi connectivity index (χ3n) is 3.06. The Hall–Kier alpha value is -1.84. The van der Waals surface area contributed by atoms with Crippen LogP contribution in [0.2, 0.25) is 0 Å². The molecule has 0 saturated carbocycles. The van der Waals surface area contributed by atoms with Crippen LogP contribution in [0.1, 0.15) is 31.4 Å². The zero-order chi connectivity index (χ0) is 13.9. The first-order chi connectivity index (χ1) is 8.24. The lowest BCUT2D eigenvalue weighted by atomic mass is 9.89. The van der Waals surface area contributed by atoms with Gasteiger partial charge in [-0.1, -0.05) is 12.1 Å². The second-order valence-electron chi connectivity index (χ2n) is 5.16. The highest BCUT2D eigenvalue weighted by Crippen LogP contribution is 2.23. The Labute approximate surface area is 107 Å². The van der Waals surface area contributed by atoms with Crippen molar-refractivity contribution in [2.24, 2.45) is 5.41 Å². The van der Waals surface area contributed by atoms with Gasteiger partial charge in [0, 0.05) is 12.1 Å². The van der Waals surface area contributed by atoms with E-state index in [1.54, 1.807) is 0 Å². The molecule has 1 rings (SSSR count). The van der Waals surface area contributed by atoms with Crippen LogP contribution < -0.4 is 5.32 Å². The first kappa shape index (κ1) is 14.2. The Kier molecular flexibility index (Phi) is 4.11. The molecule has 0 aromatic heterocycles. The van der Waals surface area contributed by atoms with Crippen molar-refractivity contribution in [2.45, 2.75) is 34.1 Å². The average molecular weight is 249 g/mol. The zero-order valence-corrected chi connectivity index (χ0v) is 11.2. The molecule has 1 aromatic carbocycles. The number of nitrogens with one attached hydrogen (secondary N) is 1. The van der Waals surface area contributed by atoms with E-state index in [1.807, 2.05) is 32.0 Å². The lowest BCUT2D eigenvalue weighted by molar-refractivity contribution is -0.148. The van der Waals surface area contributed by atoms with Crippen molar-refractivity contribution in [3.63, 3.8) is 0 Å². The van der Waals surface area contributed by atoms with E-state index in [-0.39, 0.29) is 12.3 Å². The molecule has 98 valence electrons. The van der Waals surface area contributed by atoms with E-state index >= 15 is 0 Å². The molecule has 0 radical (unpaired) electrons. The Morgan fingerprint density at radius 2 is 1.89 bits per heavy atom. The van der Waals surface area contributed by atoms with E-state index in [4.69, 9.17) is 5.11 Å². The van der Waals surface area contributed by atoms with Gasteiger partial charge in [0.25, 0.3) is 0 Å². The Morgan fingerprint density at radius 1 is 1.28 bits per heavy atom. The van der Waals surface area contributed by atoms with Crippen molar-refractivity contribution in [1.29, 1.82) is 0 Å². The molecule has 4 heteroatoms. The molecule has 0 aliphatic rings. The van der Waals surface area contributed by atoms with Crippen LogP contribution in [0, 0.1) is 19.3 Å². The van der Waals surface area contributed by atoms with E-state index in [9.17, 15) is 9.59 Å². The lowest BCUT2D eigenvalue weighted by Gasteiger charge is -2.19. The highest BCUT2D eigenvalue weighted by Gasteiger charge is 2.30. The number of carboxylic acids is 1. The fourth-order valence-electron chi connectivity index (χ4n) is 1.56. The van der Waals surface area contributed by atoms with Crippen molar-refractivity contribution < 1.29 is 14.7 Å². The largest absolute Gasteiger partial charge is 0.481 e. The molecule has 0 aliphatic heterocycles. The number of carboxylic acid groups (broad SMARTS) is 1. The van der Waals surface area contributed by atoms with Gasteiger partial charge < -0.3 is 10.4 Å². The fourth-order valence-corrected chi connectivity index (χ4v) is 1.56. The van der Waals surface area contributed by atoms with Gasteiger partial charge in [-0.3, -0.25) is 9.59 Å². The van der Waals surface area contributed by atoms with Crippen LogP contribution in [0.25, 0.3) is 0 Å². The molecule has 0 fully saturated rings. The normalized spacial score (nSPS) is 11.1. The van der Waals surface area contributed by atoms with Gasteiger partial charge in [0.1, 0.15) is 0 Å². The summed E-state index contributed by atoms with van der Waals surface area (Å²) < 4.78 is 0. The highest BCUT2D eigenvalue weighted by atomic mass is 16.4. The molecule has 0 heterocycles. The Morgan fingerprint density at radius 3 is 2.44 bits per heavy atom. The summed E-state index contributed by atoms with van der Waals surface area (Å²) in [6.07, 6.45) is -0.0459. The first-order valence-corrected chi connectivity index (χ1v) is 5.83. The van der Waals surface area contributed by atoms with Crippen molar-refractivity contribution >= 4 is 17.6 Å². The number of hydrogen-bond donors (Lipinski definition) is 2. The van der Waals surface area contributed by atoms with Crippen molar-refractivity contribution in [2.75, 3.05) is 5.32 Å². The Balaban J connectivity index is 2.77. The van der Waals surface area contributed by atoms with Gasteiger partial charge in [-0.2, -0.15) is 0 Å². The van der Waals surface area contributed by atoms with Gasteiger partial charge in [-0.05, 0) is 44.9 Å². The van der Waals surface area contributed by atoms with Crippen LogP contribution in [0.15, 0.2) is 18.2 Å². The zero-order valence-electron chi connectivity index (χ0n) is 11.2. The predicted molar refractivity (Wildman–Crippen MR) is 70.6 cm³/mol. The number of hydrogen-bond acceptors (Lipinski definition) is 2. The third kappa shape index (κ3) is 3.32. The van der Waals surface area contributed by atoms with E-state index in [0.29, 0.717) is 0 Å². The van der Waals surface area contributed by atoms with Crippen LogP contribution in [0.4, 0.5) is 5.69 Å². The number of carbonyl (C=O) groups excluding carboxylic acids is 1. The van der Waals surface area contributed by atoms with Crippen LogP contribution >= 0.6 is 0 Å². The third-order valence-corrected chi connectivity index (χ3v) is 3.06. The lowest BCUT2D eigenvalue weighted by Crippen LogP contribution is -2.29. The first-order valence-electron chi connectivity index (χ1n) is 5.83. The molecule has 18 heavy (non-hydrogen) atoms. The molecule has 0 aliphatic carbocycles. The van der Waals surface area contributed by atoms with E-state index < -0.39 is 11.4 Å². The summed E-state index contributed by atoms with van der Waals surface area (Å²) >= 11 is 0. The molecule has 0 saturated heterocycles. The van der Waals surface area contributed by atoms with Gasteiger partial charge in [-0.15, -0.1) is 0 Å². The Bertz CT molecular complexity index is 478. The molecular formula is C14H19NO3. The summed E-state index contributed by atoms with van der Waals surface area (Å²) in [5, 5.41) is 11.7. The minimum absolute atomic E-state index is 0.0459. The number of benzene rings is 1. The van der Waals surface area contributed by atoms with Crippen molar-refractivity contribution in [3.8, 4) is 0 Å². The second-order valence-corrected chi connectivity index (χ2v) is 5.16. The summed E-state index contributed by atoms with van der Waals surface area (Å²) in [4.78, 5) is 22.8. The highest BCUT2D eigenvalue weighted by molar-refractivity contribution is 5.94. The van der Waals surface area contributed by atoms with Crippen LogP contribution in [-0.2, 0) is 9.59 Å². The van der Waals surface area contributed by atoms with Crippen LogP contribution in [0.5, 0.6) is 0 Å². The fraction of sp³-hybridized carbons (Fsp3) is 0.429. The minimum Gasteiger partial charge on any atom is -0.481 e. The summed E-state index contributed by atoms with van der Waals surface area (Å²) in [6, 6.07) is 5.64. The molecule has 0 bridgehead atoms. The van der Waals surface area contributed by atoms with Gasteiger partial charge in [0.05, 0.1) is 5.41 Å². The topological polar surface area (TPSA) is 66.4 Å². The van der Waals surface area contributed by atoms with Gasteiger partial charge in [0.2, 0.25) is 5.91 Å². The quantitative estimate of drug-likeness (QED) is 0.862. The molecule has 0 spiro atoms. The summed E-state index contributed by atoms with van der Waals surface area (Å²) in [7, 11) is 0. The monoisotopic (exact) mass is 249 g/mol.